The first-order valence-electron chi connectivity index (χ1n) is 8.73. The van der Waals surface area contributed by atoms with Crippen LogP contribution in [0.5, 0.6) is 11.5 Å². The summed E-state index contributed by atoms with van der Waals surface area (Å²) in [5.41, 5.74) is 2.18. The van der Waals surface area contributed by atoms with Gasteiger partial charge in [-0.3, -0.25) is 4.79 Å². The summed E-state index contributed by atoms with van der Waals surface area (Å²) in [4.78, 5) is 12.4. The van der Waals surface area contributed by atoms with E-state index in [2.05, 4.69) is 21.2 Å². The zero-order valence-electron chi connectivity index (χ0n) is 15.3. The standard InChI is InChI=1S/C23H17BrN2O3/c24-21-13-17(6-11-22(21)27)12-18(14-25)23(28)26-19-7-9-20(10-8-19)29-15-16-4-2-1-3-5-16/h1-13,27H,15H2,(H,26,28)/b18-12+. The van der Waals surface area contributed by atoms with E-state index in [0.29, 0.717) is 28.1 Å². The predicted octanol–water partition coefficient (Wildman–Crippen LogP) is 5.28. The molecule has 2 N–H and O–H groups in total. The predicted molar refractivity (Wildman–Crippen MR) is 115 cm³/mol. The van der Waals surface area contributed by atoms with E-state index in [-0.39, 0.29) is 11.3 Å². The van der Waals surface area contributed by atoms with Crippen LogP contribution in [-0.4, -0.2) is 11.0 Å². The number of hydrogen-bond donors (Lipinski definition) is 2. The molecule has 144 valence electrons. The van der Waals surface area contributed by atoms with Gasteiger partial charge in [0.15, 0.2) is 0 Å². The van der Waals surface area contributed by atoms with Crippen molar-refractivity contribution in [2.24, 2.45) is 0 Å². The van der Waals surface area contributed by atoms with E-state index in [1.54, 1.807) is 36.4 Å². The Hall–Kier alpha value is -3.56. The van der Waals surface area contributed by atoms with Crippen molar-refractivity contribution in [2.75, 3.05) is 5.32 Å². The lowest BCUT2D eigenvalue weighted by molar-refractivity contribution is -0.112. The summed E-state index contributed by atoms with van der Waals surface area (Å²) in [5, 5.41) is 21.6. The van der Waals surface area contributed by atoms with Gasteiger partial charge in [-0.05, 0) is 69.5 Å². The van der Waals surface area contributed by atoms with Crippen LogP contribution in [0.4, 0.5) is 5.69 Å². The Morgan fingerprint density at radius 3 is 2.48 bits per heavy atom. The van der Waals surface area contributed by atoms with Gasteiger partial charge in [-0.2, -0.15) is 5.26 Å². The normalized spacial score (nSPS) is 10.8. The molecule has 3 aromatic carbocycles. The number of anilines is 1. The fourth-order valence-electron chi connectivity index (χ4n) is 2.50. The Balaban J connectivity index is 1.63. The van der Waals surface area contributed by atoms with Crippen LogP contribution >= 0.6 is 15.9 Å². The minimum atomic E-state index is -0.519. The molecule has 0 unspecified atom stereocenters. The van der Waals surface area contributed by atoms with Gasteiger partial charge in [-0.1, -0.05) is 36.4 Å². The van der Waals surface area contributed by atoms with E-state index in [1.807, 2.05) is 36.4 Å². The molecule has 0 bridgehead atoms. The number of hydrogen-bond acceptors (Lipinski definition) is 4. The van der Waals surface area contributed by atoms with Gasteiger partial charge < -0.3 is 15.2 Å². The Morgan fingerprint density at radius 1 is 1.10 bits per heavy atom. The van der Waals surface area contributed by atoms with Gasteiger partial charge >= 0.3 is 0 Å². The molecule has 3 aromatic rings. The highest BCUT2D eigenvalue weighted by Gasteiger charge is 2.10. The first-order chi connectivity index (χ1) is 14.0. The van der Waals surface area contributed by atoms with Crippen LogP contribution in [0.25, 0.3) is 6.08 Å². The number of nitriles is 1. The van der Waals surface area contributed by atoms with Gasteiger partial charge in [0.25, 0.3) is 5.91 Å². The molecule has 5 nitrogen and oxygen atoms in total. The molecule has 0 atom stereocenters. The third-order valence-corrected chi connectivity index (χ3v) is 4.64. The molecule has 0 aliphatic heterocycles. The van der Waals surface area contributed by atoms with Crippen molar-refractivity contribution in [1.82, 2.24) is 0 Å². The number of benzene rings is 3. The van der Waals surface area contributed by atoms with E-state index in [9.17, 15) is 15.2 Å². The Labute approximate surface area is 177 Å². The van der Waals surface area contributed by atoms with Gasteiger partial charge in [-0.15, -0.1) is 0 Å². The van der Waals surface area contributed by atoms with Crippen LogP contribution in [0.1, 0.15) is 11.1 Å². The van der Waals surface area contributed by atoms with Crippen LogP contribution in [-0.2, 0) is 11.4 Å². The molecule has 1 amide bonds. The fourth-order valence-corrected chi connectivity index (χ4v) is 2.90. The number of amides is 1. The molecular weight excluding hydrogens is 432 g/mol. The zero-order valence-corrected chi connectivity index (χ0v) is 16.9. The SMILES string of the molecule is N#C/C(=C\c1ccc(O)c(Br)c1)C(=O)Nc1ccc(OCc2ccccc2)cc1. The summed E-state index contributed by atoms with van der Waals surface area (Å²) < 4.78 is 6.20. The van der Waals surface area contributed by atoms with Crippen LogP contribution in [0.2, 0.25) is 0 Å². The highest BCUT2D eigenvalue weighted by molar-refractivity contribution is 9.10. The van der Waals surface area contributed by atoms with Crippen LogP contribution in [0, 0.1) is 11.3 Å². The average Bonchev–Trinajstić information content (AvgIpc) is 2.74. The highest BCUT2D eigenvalue weighted by atomic mass is 79.9. The number of phenols is 1. The van der Waals surface area contributed by atoms with Crippen molar-refractivity contribution in [1.29, 1.82) is 5.26 Å². The number of aromatic hydroxyl groups is 1. The lowest BCUT2D eigenvalue weighted by Gasteiger charge is -2.08. The molecule has 3 rings (SSSR count). The quantitative estimate of drug-likeness (QED) is 0.396. The topological polar surface area (TPSA) is 82.3 Å². The minimum absolute atomic E-state index is 0.0491. The molecule has 0 aliphatic rings. The van der Waals surface area contributed by atoms with E-state index in [1.165, 1.54) is 12.1 Å². The monoisotopic (exact) mass is 448 g/mol. The molecule has 0 spiro atoms. The van der Waals surface area contributed by atoms with Gasteiger partial charge in [-0.25, -0.2) is 0 Å². The van der Waals surface area contributed by atoms with Crippen LogP contribution < -0.4 is 10.1 Å². The first kappa shape index (κ1) is 20.2. The molecule has 0 aromatic heterocycles. The maximum Gasteiger partial charge on any atom is 0.266 e. The largest absolute Gasteiger partial charge is 0.507 e. The number of nitrogens with one attached hydrogen (secondary N) is 1. The van der Waals surface area contributed by atoms with Crippen LogP contribution in [0.3, 0.4) is 0 Å². The van der Waals surface area contributed by atoms with Gasteiger partial charge in [0.05, 0.1) is 4.47 Å². The van der Waals surface area contributed by atoms with E-state index in [0.717, 1.165) is 5.56 Å². The summed E-state index contributed by atoms with van der Waals surface area (Å²) >= 11 is 3.21. The summed E-state index contributed by atoms with van der Waals surface area (Å²) in [7, 11) is 0. The third-order valence-electron chi connectivity index (χ3n) is 4.01. The minimum Gasteiger partial charge on any atom is -0.507 e. The summed E-state index contributed by atoms with van der Waals surface area (Å²) in [6.07, 6.45) is 1.46. The second-order valence-electron chi connectivity index (χ2n) is 6.13. The molecule has 0 saturated carbocycles. The van der Waals surface area contributed by atoms with Crippen molar-refractivity contribution in [3.63, 3.8) is 0 Å². The molecule has 0 radical (unpaired) electrons. The Morgan fingerprint density at radius 2 is 1.83 bits per heavy atom. The molecule has 6 heteroatoms. The number of nitrogens with zero attached hydrogens (tertiary/aromatic N) is 1. The average molecular weight is 449 g/mol. The smallest absolute Gasteiger partial charge is 0.266 e. The molecule has 0 fully saturated rings. The zero-order chi connectivity index (χ0) is 20.6. The molecular formula is C23H17BrN2O3. The van der Waals surface area contributed by atoms with E-state index in [4.69, 9.17) is 4.74 Å². The van der Waals surface area contributed by atoms with Crippen molar-refractivity contribution < 1.29 is 14.6 Å². The summed E-state index contributed by atoms with van der Waals surface area (Å²) in [6, 6.07) is 23.4. The van der Waals surface area contributed by atoms with Crippen LogP contribution in [0.15, 0.2) is 82.8 Å². The molecule has 0 saturated heterocycles. The number of halogens is 1. The molecule has 0 aliphatic carbocycles. The van der Waals surface area contributed by atoms with Crippen molar-refractivity contribution in [3.05, 3.63) is 94.0 Å². The molecule has 29 heavy (non-hydrogen) atoms. The number of carbonyl (C=O) groups is 1. The van der Waals surface area contributed by atoms with Gasteiger partial charge in [0.2, 0.25) is 0 Å². The summed E-state index contributed by atoms with van der Waals surface area (Å²) in [5.74, 6) is 0.242. The Bertz CT molecular complexity index is 1070. The third kappa shape index (κ3) is 5.71. The lowest BCUT2D eigenvalue weighted by atomic mass is 10.1. The number of ether oxygens (including phenoxy) is 1. The second kappa shape index (κ2) is 9.58. The maximum atomic E-state index is 12.4. The highest BCUT2D eigenvalue weighted by Crippen LogP contribution is 2.25. The number of phenolic OH excluding ortho intramolecular Hbond substituents is 1. The number of carbonyl (C=O) groups excluding carboxylic acids is 1. The fraction of sp³-hybridized carbons (Fsp3) is 0.0435. The maximum absolute atomic E-state index is 12.4. The van der Waals surface area contributed by atoms with Gasteiger partial charge in [0, 0.05) is 5.69 Å². The second-order valence-corrected chi connectivity index (χ2v) is 6.99. The summed E-state index contributed by atoms with van der Waals surface area (Å²) in [6.45, 7) is 0.454. The Kier molecular flexibility index (Phi) is 6.67. The van der Waals surface area contributed by atoms with E-state index >= 15 is 0 Å². The first-order valence-corrected chi connectivity index (χ1v) is 9.53. The van der Waals surface area contributed by atoms with Gasteiger partial charge in [0.1, 0.15) is 29.7 Å². The van der Waals surface area contributed by atoms with Crippen molar-refractivity contribution in [3.8, 4) is 17.6 Å². The van der Waals surface area contributed by atoms with Crippen molar-refractivity contribution in [2.45, 2.75) is 6.61 Å². The van der Waals surface area contributed by atoms with Crippen molar-refractivity contribution >= 4 is 33.6 Å². The van der Waals surface area contributed by atoms with E-state index < -0.39 is 5.91 Å². The molecule has 0 heterocycles. The lowest BCUT2D eigenvalue weighted by Crippen LogP contribution is -2.13. The number of rotatable bonds is 6.